The maximum absolute atomic E-state index is 10.9. The van der Waals surface area contributed by atoms with Gasteiger partial charge in [0.1, 0.15) is 17.1 Å². The average molecular weight is 355 g/mol. The van der Waals surface area contributed by atoms with E-state index in [1.54, 1.807) is 23.7 Å². The lowest BCUT2D eigenvalue weighted by Crippen LogP contribution is -2.17. The van der Waals surface area contributed by atoms with Gasteiger partial charge in [-0.2, -0.15) is 0 Å². The Morgan fingerprint density at radius 2 is 1.85 bits per heavy atom. The molecule has 3 rings (SSSR count). The van der Waals surface area contributed by atoms with Gasteiger partial charge in [-0.3, -0.25) is 10.0 Å². The molecule has 0 spiro atoms. The summed E-state index contributed by atoms with van der Waals surface area (Å²) in [5.74, 6) is 0.476. The number of hydrogen-bond donors (Lipinski definition) is 4. The summed E-state index contributed by atoms with van der Waals surface area (Å²) < 4.78 is 5.79. The Balaban J connectivity index is 1.62. The maximum Gasteiger partial charge on any atom is 0.243 e. The first-order chi connectivity index (χ1) is 12.6. The molecule has 6 heteroatoms. The fourth-order valence-electron chi connectivity index (χ4n) is 2.89. The Morgan fingerprint density at radius 1 is 1.08 bits per heavy atom. The van der Waals surface area contributed by atoms with Crippen LogP contribution in [0.2, 0.25) is 0 Å². The number of furan rings is 1. The number of aliphatic hydroxyl groups is 1. The first-order valence-electron chi connectivity index (χ1n) is 8.51. The summed E-state index contributed by atoms with van der Waals surface area (Å²) in [6.45, 7) is 0. The minimum Gasteiger partial charge on any atom is -0.508 e. The van der Waals surface area contributed by atoms with E-state index in [-0.39, 0.29) is 12.2 Å². The topological polar surface area (TPSA) is 103 Å². The highest BCUT2D eigenvalue weighted by Gasteiger charge is 2.11. The first-order valence-corrected chi connectivity index (χ1v) is 8.51. The molecule has 0 unspecified atom stereocenters. The smallest absolute Gasteiger partial charge is 0.243 e. The van der Waals surface area contributed by atoms with Gasteiger partial charge >= 0.3 is 0 Å². The lowest BCUT2D eigenvalue weighted by atomic mass is 10.0. The minimum absolute atomic E-state index is 0.194. The zero-order valence-electron chi connectivity index (χ0n) is 14.2. The van der Waals surface area contributed by atoms with Crippen LogP contribution in [-0.4, -0.2) is 21.3 Å². The van der Waals surface area contributed by atoms with Gasteiger partial charge in [-0.1, -0.05) is 30.7 Å². The molecule has 136 valence electrons. The first kappa shape index (κ1) is 18.0. The lowest BCUT2D eigenvalue weighted by molar-refractivity contribution is -0.129. The van der Waals surface area contributed by atoms with Crippen molar-refractivity contribution in [3.8, 4) is 17.1 Å². The summed E-state index contributed by atoms with van der Waals surface area (Å²) in [4.78, 5) is 10.9. The van der Waals surface area contributed by atoms with Gasteiger partial charge in [0.2, 0.25) is 5.91 Å². The van der Waals surface area contributed by atoms with E-state index in [0.29, 0.717) is 30.6 Å². The summed E-state index contributed by atoms with van der Waals surface area (Å²) >= 11 is 0. The highest BCUT2D eigenvalue weighted by atomic mass is 16.5. The fourth-order valence-corrected chi connectivity index (χ4v) is 2.89. The second-order valence-electron chi connectivity index (χ2n) is 6.25. The van der Waals surface area contributed by atoms with E-state index in [1.165, 1.54) is 0 Å². The van der Waals surface area contributed by atoms with Gasteiger partial charge in [-0.25, -0.2) is 5.48 Å². The molecule has 0 saturated carbocycles. The number of phenols is 1. The number of hydroxylamine groups is 1. The zero-order valence-corrected chi connectivity index (χ0v) is 14.2. The Bertz CT molecular complexity index is 885. The number of amides is 1. The molecule has 26 heavy (non-hydrogen) atoms. The van der Waals surface area contributed by atoms with Gasteiger partial charge in [0.05, 0.1) is 6.10 Å². The van der Waals surface area contributed by atoms with Crippen molar-refractivity contribution in [3.05, 3.63) is 54.1 Å². The number of rotatable bonds is 7. The number of aromatic hydroxyl groups is 1. The molecule has 0 aliphatic rings. The van der Waals surface area contributed by atoms with Gasteiger partial charge in [-0.05, 0) is 42.7 Å². The molecule has 0 radical (unpaired) electrons. The number of phenolic OH excluding ortho intramolecular Hbond substituents is 1. The zero-order chi connectivity index (χ0) is 18.5. The Hall–Kier alpha value is -2.83. The third-order valence-electron chi connectivity index (χ3n) is 4.34. The summed E-state index contributed by atoms with van der Waals surface area (Å²) in [6.07, 6.45) is 1.47. The molecular formula is C20H21NO5. The maximum atomic E-state index is 10.9. The van der Waals surface area contributed by atoms with E-state index in [1.807, 2.05) is 30.3 Å². The number of nitrogens with one attached hydrogen (secondary N) is 1. The quantitative estimate of drug-likeness (QED) is 0.292. The minimum atomic E-state index is -0.603. The van der Waals surface area contributed by atoms with Crippen LogP contribution in [0.5, 0.6) is 5.75 Å². The number of carbonyl (C=O) groups is 1. The Morgan fingerprint density at radius 3 is 2.58 bits per heavy atom. The number of hydrogen-bond acceptors (Lipinski definition) is 5. The van der Waals surface area contributed by atoms with Crippen molar-refractivity contribution in [3.63, 3.8) is 0 Å². The van der Waals surface area contributed by atoms with Crippen molar-refractivity contribution in [2.75, 3.05) is 0 Å². The normalized spacial score (nSPS) is 12.2. The van der Waals surface area contributed by atoms with E-state index in [9.17, 15) is 15.0 Å². The van der Waals surface area contributed by atoms with Crippen LogP contribution in [0.4, 0.5) is 0 Å². The molecule has 4 N–H and O–H groups in total. The van der Waals surface area contributed by atoms with Gasteiger partial charge in [0.25, 0.3) is 0 Å². The van der Waals surface area contributed by atoms with Crippen molar-refractivity contribution in [2.24, 2.45) is 0 Å². The predicted octanol–water partition coefficient (Wildman–Crippen LogP) is 3.90. The van der Waals surface area contributed by atoms with Crippen LogP contribution >= 0.6 is 0 Å². The molecule has 0 fully saturated rings. The Kier molecular flexibility index (Phi) is 5.55. The molecule has 2 aromatic carbocycles. The van der Waals surface area contributed by atoms with Gasteiger partial charge < -0.3 is 14.6 Å². The molecule has 0 aliphatic carbocycles. The van der Waals surface area contributed by atoms with E-state index in [0.717, 1.165) is 16.5 Å². The van der Waals surface area contributed by atoms with E-state index < -0.39 is 12.0 Å². The van der Waals surface area contributed by atoms with Crippen LogP contribution in [0.1, 0.15) is 37.4 Å². The van der Waals surface area contributed by atoms with E-state index in [2.05, 4.69) is 0 Å². The summed E-state index contributed by atoms with van der Waals surface area (Å²) in [5.41, 5.74) is 3.98. The standard InChI is InChI=1S/C20H21NO5/c22-16-9-10-18-15(11-16)12-19(26-18)14-7-5-13(6-8-14)17(23)3-1-2-4-20(24)21-25/h5-12,17,22-23,25H,1-4H2,(H,21,24)/t17-/m1/s1. The monoisotopic (exact) mass is 355 g/mol. The van der Waals surface area contributed by atoms with Crippen molar-refractivity contribution >= 4 is 16.9 Å². The molecule has 1 heterocycles. The highest BCUT2D eigenvalue weighted by molar-refractivity contribution is 5.84. The highest BCUT2D eigenvalue weighted by Crippen LogP contribution is 2.31. The fraction of sp³-hybridized carbons (Fsp3) is 0.250. The SMILES string of the molecule is O=C(CCCC[C@@H](O)c1ccc(-c2cc3cc(O)ccc3o2)cc1)NO. The number of benzene rings is 2. The van der Waals surface area contributed by atoms with Gasteiger partial charge in [0, 0.05) is 17.4 Å². The van der Waals surface area contributed by atoms with Crippen molar-refractivity contribution in [2.45, 2.75) is 31.8 Å². The molecule has 1 amide bonds. The van der Waals surface area contributed by atoms with Crippen LogP contribution in [0.3, 0.4) is 0 Å². The molecule has 0 bridgehead atoms. The second-order valence-corrected chi connectivity index (χ2v) is 6.25. The summed E-state index contributed by atoms with van der Waals surface area (Å²) in [7, 11) is 0. The third kappa shape index (κ3) is 4.22. The van der Waals surface area contributed by atoms with E-state index in [4.69, 9.17) is 9.62 Å². The number of unbranched alkanes of at least 4 members (excludes halogenated alkanes) is 1. The molecule has 3 aromatic rings. The number of aliphatic hydroxyl groups excluding tert-OH is 1. The second kappa shape index (κ2) is 8.03. The van der Waals surface area contributed by atoms with Gasteiger partial charge in [-0.15, -0.1) is 0 Å². The number of fused-ring (bicyclic) bond motifs is 1. The molecular weight excluding hydrogens is 334 g/mol. The average Bonchev–Trinajstić information content (AvgIpc) is 3.08. The van der Waals surface area contributed by atoms with Crippen LogP contribution in [0, 0.1) is 0 Å². The summed E-state index contributed by atoms with van der Waals surface area (Å²) in [6, 6.07) is 14.3. The van der Waals surface area contributed by atoms with Crippen LogP contribution in [-0.2, 0) is 4.79 Å². The van der Waals surface area contributed by atoms with Crippen molar-refractivity contribution in [1.82, 2.24) is 5.48 Å². The lowest BCUT2D eigenvalue weighted by Gasteiger charge is -2.11. The molecule has 0 saturated heterocycles. The Labute approximate surface area is 150 Å². The molecule has 1 aromatic heterocycles. The van der Waals surface area contributed by atoms with Crippen LogP contribution in [0.25, 0.3) is 22.3 Å². The molecule has 0 aliphatic heterocycles. The van der Waals surface area contributed by atoms with Crippen molar-refractivity contribution in [1.29, 1.82) is 0 Å². The predicted molar refractivity (Wildman–Crippen MR) is 96.7 cm³/mol. The van der Waals surface area contributed by atoms with Crippen molar-refractivity contribution < 1.29 is 24.6 Å². The largest absolute Gasteiger partial charge is 0.508 e. The van der Waals surface area contributed by atoms with E-state index >= 15 is 0 Å². The third-order valence-corrected chi connectivity index (χ3v) is 4.34. The van der Waals surface area contributed by atoms with Crippen LogP contribution < -0.4 is 5.48 Å². The number of carbonyl (C=O) groups excluding carboxylic acids is 1. The molecule has 1 atom stereocenters. The van der Waals surface area contributed by atoms with Gasteiger partial charge in [0.15, 0.2) is 0 Å². The summed E-state index contributed by atoms with van der Waals surface area (Å²) in [5, 5.41) is 29.0. The van der Waals surface area contributed by atoms with Crippen LogP contribution in [0.15, 0.2) is 52.9 Å². The molecule has 6 nitrogen and oxygen atoms in total.